The van der Waals surface area contributed by atoms with E-state index in [1.165, 1.54) is 17.6 Å². The lowest BCUT2D eigenvalue weighted by molar-refractivity contribution is 0.157. The maximum absolute atomic E-state index is 5.51. The van der Waals surface area contributed by atoms with Crippen LogP contribution in [0.2, 0.25) is 0 Å². The van der Waals surface area contributed by atoms with Crippen LogP contribution in [0.5, 0.6) is 0 Å². The molecule has 0 amide bonds. The molecule has 0 aliphatic rings. The highest BCUT2D eigenvalue weighted by atomic mass is 16.5. The fourth-order valence-electron chi connectivity index (χ4n) is 1.49. The smallest absolute Gasteiger partial charge is 0.0649 e. The lowest BCUT2D eigenvalue weighted by Gasteiger charge is -2.02. The molecule has 0 aliphatic heterocycles. The molecule has 0 N–H and O–H groups in total. The number of hydrogen-bond donors (Lipinski definition) is 0. The van der Waals surface area contributed by atoms with Gasteiger partial charge in [-0.2, -0.15) is 0 Å². The van der Waals surface area contributed by atoms with Gasteiger partial charge in [-0.1, -0.05) is 42.0 Å². The van der Waals surface area contributed by atoms with Gasteiger partial charge in [-0.15, -0.1) is 0 Å². The van der Waals surface area contributed by atoms with Gasteiger partial charge in [0.2, 0.25) is 0 Å². The second kappa shape index (κ2) is 8.12. The summed E-state index contributed by atoms with van der Waals surface area (Å²) >= 11 is 0. The number of aryl methyl sites for hydroxylation is 1. The zero-order valence-corrected chi connectivity index (χ0v) is 10.4. The van der Waals surface area contributed by atoms with Gasteiger partial charge < -0.3 is 4.74 Å². The molecule has 0 spiro atoms. The summed E-state index contributed by atoms with van der Waals surface area (Å²) in [5, 5.41) is 0. The molecular formula is C15H22O. The zero-order chi connectivity index (χ0) is 11.6. The van der Waals surface area contributed by atoms with Crippen LogP contribution in [-0.2, 0) is 11.2 Å². The summed E-state index contributed by atoms with van der Waals surface area (Å²) in [6.07, 6.45) is 5.63. The molecular weight excluding hydrogens is 196 g/mol. The molecule has 0 bridgehead atoms. The molecule has 1 heteroatoms. The predicted octanol–water partition coefficient (Wildman–Crippen LogP) is 3.99. The maximum Gasteiger partial charge on any atom is 0.0649 e. The second-order valence-corrected chi connectivity index (χ2v) is 4.30. The van der Waals surface area contributed by atoms with E-state index in [2.05, 4.69) is 50.3 Å². The largest absolute Gasteiger partial charge is 0.377 e. The molecule has 1 aromatic rings. The van der Waals surface area contributed by atoms with E-state index >= 15 is 0 Å². The first-order valence-corrected chi connectivity index (χ1v) is 6.04. The third kappa shape index (κ3) is 6.41. The van der Waals surface area contributed by atoms with Crippen molar-refractivity contribution in [2.24, 2.45) is 0 Å². The van der Waals surface area contributed by atoms with E-state index < -0.39 is 0 Å². The van der Waals surface area contributed by atoms with E-state index in [9.17, 15) is 0 Å². The lowest BCUT2D eigenvalue weighted by atomic mass is 10.1. The van der Waals surface area contributed by atoms with Crippen molar-refractivity contribution in [2.45, 2.75) is 33.1 Å². The molecule has 0 atom stereocenters. The summed E-state index contributed by atoms with van der Waals surface area (Å²) in [7, 11) is 0. The van der Waals surface area contributed by atoms with Gasteiger partial charge in [0.05, 0.1) is 6.61 Å². The average Bonchev–Trinajstić information content (AvgIpc) is 2.29. The highest BCUT2D eigenvalue weighted by Crippen LogP contribution is 2.04. The van der Waals surface area contributed by atoms with Crippen LogP contribution in [0.25, 0.3) is 0 Å². The van der Waals surface area contributed by atoms with Crippen molar-refractivity contribution >= 4 is 0 Å². The van der Waals surface area contributed by atoms with Gasteiger partial charge in [-0.3, -0.25) is 0 Å². The van der Waals surface area contributed by atoms with E-state index in [4.69, 9.17) is 4.74 Å². The van der Waals surface area contributed by atoms with E-state index in [0.29, 0.717) is 0 Å². The SMILES string of the molecule is CC(C)=CCOCCCCc1ccccc1. The van der Waals surface area contributed by atoms with E-state index in [1.807, 2.05) is 0 Å². The van der Waals surface area contributed by atoms with E-state index in [-0.39, 0.29) is 0 Å². The van der Waals surface area contributed by atoms with Gasteiger partial charge in [0, 0.05) is 6.61 Å². The summed E-state index contributed by atoms with van der Waals surface area (Å²) in [6, 6.07) is 10.6. The number of rotatable bonds is 7. The highest BCUT2D eigenvalue weighted by molar-refractivity contribution is 5.14. The Morgan fingerprint density at radius 1 is 1.12 bits per heavy atom. The lowest BCUT2D eigenvalue weighted by Crippen LogP contribution is -1.96. The van der Waals surface area contributed by atoms with Crippen LogP contribution < -0.4 is 0 Å². The summed E-state index contributed by atoms with van der Waals surface area (Å²) in [5.74, 6) is 0. The number of ether oxygens (including phenoxy) is 1. The van der Waals surface area contributed by atoms with Crippen molar-refractivity contribution in [2.75, 3.05) is 13.2 Å². The Morgan fingerprint density at radius 3 is 2.56 bits per heavy atom. The Kier molecular flexibility index (Phi) is 6.59. The Labute approximate surface area is 99.1 Å². The van der Waals surface area contributed by atoms with Gasteiger partial charge in [0.15, 0.2) is 0 Å². The summed E-state index contributed by atoms with van der Waals surface area (Å²) in [6.45, 7) is 5.82. The number of allylic oxidation sites excluding steroid dienone is 1. The minimum atomic E-state index is 0.758. The molecule has 1 rings (SSSR count). The molecule has 0 fully saturated rings. The van der Waals surface area contributed by atoms with E-state index in [0.717, 1.165) is 26.1 Å². The third-order valence-electron chi connectivity index (χ3n) is 2.46. The molecule has 0 heterocycles. The van der Waals surface area contributed by atoms with Crippen LogP contribution in [0.1, 0.15) is 32.3 Å². The van der Waals surface area contributed by atoms with Crippen molar-refractivity contribution in [3.63, 3.8) is 0 Å². The molecule has 0 aromatic heterocycles. The first-order valence-electron chi connectivity index (χ1n) is 6.04. The Bertz CT molecular complexity index is 296. The van der Waals surface area contributed by atoms with Crippen molar-refractivity contribution in [3.05, 3.63) is 47.5 Å². The Balaban J connectivity index is 1.98. The number of hydrogen-bond acceptors (Lipinski definition) is 1. The fourth-order valence-corrected chi connectivity index (χ4v) is 1.49. The van der Waals surface area contributed by atoms with Gasteiger partial charge in [0.25, 0.3) is 0 Å². The molecule has 0 saturated carbocycles. The van der Waals surface area contributed by atoms with Crippen molar-refractivity contribution in [1.82, 2.24) is 0 Å². The molecule has 16 heavy (non-hydrogen) atoms. The van der Waals surface area contributed by atoms with Crippen molar-refractivity contribution in [1.29, 1.82) is 0 Å². The molecule has 1 nitrogen and oxygen atoms in total. The normalized spacial score (nSPS) is 10.1. The average molecular weight is 218 g/mol. The first kappa shape index (κ1) is 13.0. The van der Waals surface area contributed by atoms with E-state index in [1.54, 1.807) is 0 Å². The van der Waals surface area contributed by atoms with Crippen LogP contribution in [0.15, 0.2) is 42.0 Å². The molecule has 0 aliphatic carbocycles. The zero-order valence-electron chi connectivity index (χ0n) is 10.4. The summed E-state index contributed by atoms with van der Waals surface area (Å²) in [5.41, 5.74) is 2.75. The van der Waals surface area contributed by atoms with Crippen LogP contribution >= 0.6 is 0 Å². The quantitative estimate of drug-likeness (QED) is 0.496. The first-order chi connectivity index (χ1) is 7.79. The molecule has 0 radical (unpaired) electrons. The van der Waals surface area contributed by atoms with Gasteiger partial charge in [0.1, 0.15) is 0 Å². The van der Waals surface area contributed by atoms with Gasteiger partial charge in [-0.05, 0) is 38.7 Å². The summed E-state index contributed by atoms with van der Waals surface area (Å²) < 4.78 is 5.51. The number of benzene rings is 1. The monoisotopic (exact) mass is 218 g/mol. The summed E-state index contributed by atoms with van der Waals surface area (Å²) in [4.78, 5) is 0. The minimum absolute atomic E-state index is 0.758. The minimum Gasteiger partial charge on any atom is -0.377 e. The molecule has 0 saturated heterocycles. The second-order valence-electron chi connectivity index (χ2n) is 4.30. The van der Waals surface area contributed by atoms with Gasteiger partial charge >= 0.3 is 0 Å². The Morgan fingerprint density at radius 2 is 1.88 bits per heavy atom. The fraction of sp³-hybridized carbons (Fsp3) is 0.467. The van der Waals surface area contributed by atoms with Crippen molar-refractivity contribution < 1.29 is 4.74 Å². The predicted molar refractivity (Wildman–Crippen MR) is 69.6 cm³/mol. The highest BCUT2D eigenvalue weighted by Gasteiger charge is 1.92. The van der Waals surface area contributed by atoms with Crippen LogP contribution in [0.4, 0.5) is 0 Å². The van der Waals surface area contributed by atoms with Crippen LogP contribution in [0, 0.1) is 0 Å². The molecule has 0 unspecified atom stereocenters. The maximum atomic E-state index is 5.51. The number of unbranched alkanes of at least 4 members (excludes halogenated alkanes) is 1. The standard InChI is InChI=1S/C15H22O/c1-14(2)11-13-16-12-7-6-10-15-8-4-3-5-9-15/h3-5,8-9,11H,6-7,10,12-13H2,1-2H3. The van der Waals surface area contributed by atoms with Crippen LogP contribution in [-0.4, -0.2) is 13.2 Å². The van der Waals surface area contributed by atoms with Crippen molar-refractivity contribution in [3.8, 4) is 0 Å². The van der Waals surface area contributed by atoms with Crippen LogP contribution in [0.3, 0.4) is 0 Å². The topological polar surface area (TPSA) is 9.23 Å². The van der Waals surface area contributed by atoms with Gasteiger partial charge in [-0.25, -0.2) is 0 Å². The Hall–Kier alpha value is -1.08. The third-order valence-corrected chi connectivity index (χ3v) is 2.46. The molecule has 88 valence electrons. The molecule has 1 aromatic carbocycles.